The topological polar surface area (TPSA) is 76.6 Å². The molecule has 1 aromatic carbocycles. The Morgan fingerprint density at radius 3 is 2.62 bits per heavy atom. The lowest BCUT2D eigenvalue weighted by Gasteiger charge is -2.29. The molecule has 0 radical (unpaired) electrons. The largest absolute Gasteiger partial charge is 0.451 e. The number of hydrogen-bond donors (Lipinski definition) is 0. The third-order valence-electron chi connectivity index (χ3n) is 4.32. The van der Waals surface area contributed by atoms with Crippen molar-refractivity contribution in [3.8, 4) is 11.3 Å². The molecule has 0 N–H and O–H groups in total. The van der Waals surface area contributed by atoms with E-state index in [0.29, 0.717) is 17.2 Å². The van der Waals surface area contributed by atoms with Gasteiger partial charge in [0.2, 0.25) is 0 Å². The molecule has 7 heteroatoms. The maximum Gasteiger partial charge on any atom is 0.289 e. The van der Waals surface area contributed by atoms with Crippen LogP contribution in [-0.2, 0) is 0 Å². The van der Waals surface area contributed by atoms with Crippen molar-refractivity contribution < 1.29 is 14.1 Å². The van der Waals surface area contributed by atoms with Gasteiger partial charge in [0.25, 0.3) is 11.6 Å². The highest BCUT2D eigenvalue weighted by Crippen LogP contribution is 2.32. The van der Waals surface area contributed by atoms with E-state index in [9.17, 15) is 14.9 Å². The number of nitro benzene ring substituents is 1. The molecular weight excluding hydrogens is 332 g/mol. The van der Waals surface area contributed by atoms with Gasteiger partial charge in [-0.1, -0.05) is 18.5 Å². The van der Waals surface area contributed by atoms with Crippen LogP contribution in [0.25, 0.3) is 11.3 Å². The van der Waals surface area contributed by atoms with Crippen molar-refractivity contribution in [1.82, 2.24) is 4.90 Å². The Morgan fingerprint density at radius 1 is 1.29 bits per heavy atom. The molecule has 0 bridgehead atoms. The number of piperidine rings is 1. The summed E-state index contributed by atoms with van der Waals surface area (Å²) in [6, 6.07) is 7.43. The molecule has 24 heavy (non-hydrogen) atoms. The summed E-state index contributed by atoms with van der Waals surface area (Å²) in [4.78, 5) is 24.5. The van der Waals surface area contributed by atoms with Gasteiger partial charge in [-0.2, -0.15) is 0 Å². The Morgan fingerprint density at radius 2 is 2.00 bits per heavy atom. The molecule has 1 fully saturated rings. The fourth-order valence-corrected chi connectivity index (χ4v) is 3.05. The minimum atomic E-state index is -0.510. The number of non-ortho nitro benzene ring substituents is 1. The van der Waals surface area contributed by atoms with E-state index < -0.39 is 4.92 Å². The molecule has 3 rings (SSSR count). The van der Waals surface area contributed by atoms with E-state index in [0.717, 1.165) is 25.9 Å². The summed E-state index contributed by atoms with van der Waals surface area (Å²) in [5, 5.41) is 11.0. The Kier molecular flexibility index (Phi) is 4.57. The molecule has 2 aromatic rings. The highest BCUT2D eigenvalue weighted by atomic mass is 35.5. The second-order valence-electron chi connectivity index (χ2n) is 6.06. The van der Waals surface area contributed by atoms with E-state index in [1.54, 1.807) is 17.0 Å². The molecule has 0 atom stereocenters. The second-order valence-corrected chi connectivity index (χ2v) is 6.47. The quantitative estimate of drug-likeness (QED) is 0.609. The predicted molar refractivity (Wildman–Crippen MR) is 90.1 cm³/mol. The summed E-state index contributed by atoms with van der Waals surface area (Å²) >= 11 is 6.10. The number of hydrogen-bond acceptors (Lipinski definition) is 4. The first kappa shape index (κ1) is 16.5. The van der Waals surface area contributed by atoms with Gasteiger partial charge in [-0.25, -0.2) is 0 Å². The first-order valence-electron chi connectivity index (χ1n) is 7.79. The lowest BCUT2D eigenvalue weighted by molar-refractivity contribution is -0.384. The van der Waals surface area contributed by atoms with Crippen LogP contribution in [-0.4, -0.2) is 28.8 Å². The van der Waals surface area contributed by atoms with Crippen molar-refractivity contribution in [1.29, 1.82) is 0 Å². The number of carbonyl (C=O) groups excluding carboxylic acids is 1. The third kappa shape index (κ3) is 3.28. The van der Waals surface area contributed by atoms with Crippen LogP contribution < -0.4 is 0 Å². The lowest BCUT2D eigenvalue weighted by atomic mass is 9.99. The summed E-state index contributed by atoms with van der Waals surface area (Å²) in [5.74, 6) is 1.18. The molecule has 1 aliphatic heterocycles. The zero-order chi connectivity index (χ0) is 17.3. The molecule has 1 amide bonds. The average molecular weight is 349 g/mol. The summed E-state index contributed by atoms with van der Waals surface area (Å²) in [7, 11) is 0. The monoisotopic (exact) mass is 348 g/mol. The standard InChI is InChI=1S/C17H17ClN2O4/c1-11-6-8-19(9-7-11)17(21)16-5-4-15(24-16)13-3-2-12(20(22)23)10-14(13)18/h2-5,10-11H,6-9H2,1H3. The van der Waals surface area contributed by atoms with Crippen LogP contribution in [0.5, 0.6) is 0 Å². The van der Waals surface area contributed by atoms with Gasteiger partial charge in [0.15, 0.2) is 5.76 Å². The number of nitro groups is 1. The van der Waals surface area contributed by atoms with Crippen LogP contribution in [0.15, 0.2) is 34.7 Å². The Balaban J connectivity index is 1.80. The maximum atomic E-state index is 12.5. The minimum absolute atomic E-state index is 0.0888. The van der Waals surface area contributed by atoms with Crippen LogP contribution in [0.3, 0.4) is 0 Å². The van der Waals surface area contributed by atoms with Crippen molar-refractivity contribution in [2.75, 3.05) is 13.1 Å². The number of carbonyl (C=O) groups is 1. The molecule has 1 aromatic heterocycles. The molecule has 1 aliphatic rings. The Hall–Kier alpha value is -2.34. The van der Waals surface area contributed by atoms with Crippen molar-refractivity contribution in [2.24, 2.45) is 5.92 Å². The second kappa shape index (κ2) is 6.65. The van der Waals surface area contributed by atoms with Crippen LogP contribution in [0.2, 0.25) is 5.02 Å². The molecule has 2 heterocycles. The Bertz CT molecular complexity index is 779. The van der Waals surface area contributed by atoms with Gasteiger partial charge in [-0.3, -0.25) is 14.9 Å². The number of furan rings is 1. The number of nitrogens with zero attached hydrogens (tertiary/aromatic N) is 2. The summed E-state index contributed by atoms with van der Waals surface area (Å²) in [5.41, 5.74) is 0.433. The highest BCUT2D eigenvalue weighted by Gasteiger charge is 2.24. The summed E-state index contributed by atoms with van der Waals surface area (Å²) < 4.78 is 5.65. The summed E-state index contributed by atoms with van der Waals surface area (Å²) in [6.45, 7) is 3.64. The van der Waals surface area contributed by atoms with Crippen molar-refractivity contribution in [2.45, 2.75) is 19.8 Å². The van der Waals surface area contributed by atoms with E-state index in [-0.39, 0.29) is 22.4 Å². The highest BCUT2D eigenvalue weighted by molar-refractivity contribution is 6.33. The van der Waals surface area contributed by atoms with Gasteiger partial charge in [-0.05, 0) is 37.0 Å². The number of likely N-dealkylation sites (tertiary alicyclic amines) is 1. The van der Waals surface area contributed by atoms with Gasteiger partial charge < -0.3 is 9.32 Å². The van der Waals surface area contributed by atoms with Crippen LogP contribution >= 0.6 is 11.6 Å². The first-order chi connectivity index (χ1) is 11.5. The first-order valence-corrected chi connectivity index (χ1v) is 8.17. The third-order valence-corrected chi connectivity index (χ3v) is 4.63. The number of benzene rings is 1. The van der Waals surface area contributed by atoms with Crippen LogP contribution in [0.1, 0.15) is 30.3 Å². The predicted octanol–water partition coefficient (Wildman–Crippen LogP) is 4.38. The van der Waals surface area contributed by atoms with Gasteiger partial charge in [0.05, 0.1) is 9.95 Å². The maximum absolute atomic E-state index is 12.5. The van der Waals surface area contributed by atoms with E-state index in [1.807, 2.05) is 0 Å². The van der Waals surface area contributed by atoms with E-state index in [2.05, 4.69) is 6.92 Å². The van der Waals surface area contributed by atoms with Crippen LogP contribution in [0, 0.1) is 16.0 Å². The molecule has 0 spiro atoms. The van der Waals surface area contributed by atoms with Crippen molar-refractivity contribution in [3.05, 3.63) is 51.2 Å². The number of amides is 1. The van der Waals surface area contributed by atoms with E-state index in [1.165, 1.54) is 18.2 Å². The molecule has 0 unspecified atom stereocenters. The zero-order valence-corrected chi connectivity index (χ0v) is 14.0. The van der Waals surface area contributed by atoms with Gasteiger partial charge in [-0.15, -0.1) is 0 Å². The van der Waals surface area contributed by atoms with Crippen LogP contribution in [0.4, 0.5) is 5.69 Å². The molecule has 0 aliphatic carbocycles. The smallest absolute Gasteiger partial charge is 0.289 e. The van der Waals surface area contributed by atoms with Gasteiger partial charge in [0, 0.05) is 30.8 Å². The zero-order valence-electron chi connectivity index (χ0n) is 13.2. The van der Waals surface area contributed by atoms with E-state index >= 15 is 0 Å². The number of halogens is 1. The molecule has 126 valence electrons. The normalized spacial score (nSPS) is 15.5. The van der Waals surface area contributed by atoms with Gasteiger partial charge >= 0.3 is 0 Å². The minimum Gasteiger partial charge on any atom is -0.451 e. The molecule has 0 saturated carbocycles. The number of rotatable bonds is 3. The summed E-state index contributed by atoms with van der Waals surface area (Å²) in [6.07, 6.45) is 1.99. The fourth-order valence-electron chi connectivity index (χ4n) is 2.78. The molecule has 6 nitrogen and oxygen atoms in total. The van der Waals surface area contributed by atoms with E-state index in [4.69, 9.17) is 16.0 Å². The fraction of sp³-hybridized carbons (Fsp3) is 0.353. The van der Waals surface area contributed by atoms with Crippen molar-refractivity contribution >= 4 is 23.2 Å². The Labute approximate surface area is 144 Å². The SMILES string of the molecule is CC1CCN(C(=O)c2ccc(-c3ccc([N+](=O)[O-])cc3Cl)o2)CC1. The average Bonchev–Trinajstić information content (AvgIpc) is 3.04. The van der Waals surface area contributed by atoms with Crippen molar-refractivity contribution in [3.63, 3.8) is 0 Å². The molecular formula is C17H17ClN2O4. The lowest BCUT2D eigenvalue weighted by Crippen LogP contribution is -2.37. The molecule has 1 saturated heterocycles. The van der Waals surface area contributed by atoms with Gasteiger partial charge in [0.1, 0.15) is 5.76 Å².